The van der Waals surface area contributed by atoms with Gasteiger partial charge in [-0.2, -0.15) is 4.52 Å². The number of nitrogens with zero attached hydrogens (tertiary/aromatic N) is 5. The van der Waals surface area contributed by atoms with Crippen LogP contribution >= 0.6 is 12.4 Å². The van der Waals surface area contributed by atoms with Crippen molar-refractivity contribution in [3.63, 3.8) is 0 Å². The molecular weight excluding hydrogens is 442 g/mol. The van der Waals surface area contributed by atoms with Crippen LogP contribution in [0.15, 0.2) is 48.5 Å². The highest BCUT2D eigenvalue weighted by Gasteiger charge is 2.24. The molecule has 1 aliphatic heterocycles. The largest absolute Gasteiger partial charge is 0.497 e. The van der Waals surface area contributed by atoms with E-state index >= 15 is 0 Å². The molecule has 1 aliphatic rings. The third kappa shape index (κ3) is 4.42. The SMILES string of the molecule is COc1ccc(-c2nc3c4ccccc4nc(N[C@H](C)C(=O)N4CCNCC4)n3n2)cc1.Cl. The van der Waals surface area contributed by atoms with Gasteiger partial charge in [0, 0.05) is 37.1 Å². The number of anilines is 1. The summed E-state index contributed by atoms with van der Waals surface area (Å²) in [5.41, 5.74) is 2.35. The van der Waals surface area contributed by atoms with Crippen LogP contribution in [-0.4, -0.2) is 69.7 Å². The minimum Gasteiger partial charge on any atom is -0.497 e. The van der Waals surface area contributed by atoms with Crippen molar-refractivity contribution in [3.8, 4) is 17.1 Å². The van der Waals surface area contributed by atoms with Gasteiger partial charge in [-0.15, -0.1) is 17.5 Å². The molecule has 0 saturated carbocycles. The van der Waals surface area contributed by atoms with Crippen LogP contribution in [0.2, 0.25) is 0 Å². The second kappa shape index (κ2) is 9.60. The van der Waals surface area contributed by atoms with E-state index in [0.29, 0.717) is 30.5 Å². The molecule has 1 atom stereocenters. The Morgan fingerprint density at radius 3 is 2.55 bits per heavy atom. The number of ether oxygens (including phenoxy) is 1. The Hall–Kier alpha value is -3.43. The number of amides is 1. The predicted molar refractivity (Wildman–Crippen MR) is 130 cm³/mol. The van der Waals surface area contributed by atoms with Crippen LogP contribution in [0.3, 0.4) is 0 Å². The number of nitrogens with one attached hydrogen (secondary N) is 2. The van der Waals surface area contributed by atoms with Crippen LogP contribution < -0.4 is 15.4 Å². The number of para-hydroxylation sites is 1. The normalized spacial score (nSPS) is 14.7. The first kappa shape index (κ1) is 22.8. The number of carbonyl (C=O) groups is 1. The van der Waals surface area contributed by atoms with E-state index in [9.17, 15) is 4.79 Å². The first-order valence-electron chi connectivity index (χ1n) is 10.7. The van der Waals surface area contributed by atoms with E-state index in [-0.39, 0.29) is 18.3 Å². The summed E-state index contributed by atoms with van der Waals surface area (Å²) in [6.45, 7) is 4.89. The lowest BCUT2D eigenvalue weighted by Gasteiger charge is -2.30. The average Bonchev–Trinajstić information content (AvgIpc) is 3.30. The quantitative estimate of drug-likeness (QED) is 0.465. The summed E-state index contributed by atoms with van der Waals surface area (Å²) in [5, 5.41) is 12.2. The van der Waals surface area contributed by atoms with Gasteiger partial charge in [0.2, 0.25) is 11.9 Å². The summed E-state index contributed by atoms with van der Waals surface area (Å²) in [6.07, 6.45) is 0. The van der Waals surface area contributed by atoms with Crippen LogP contribution in [0.25, 0.3) is 27.9 Å². The summed E-state index contributed by atoms with van der Waals surface area (Å²) < 4.78 is 6.94. The number of rotatable bonds is 5. The van der Waals surface area contributed by atoms with Gasteiger partial charge in [0.15, 0.2) is 11.5 Å². The second-order valence-corrected chi connectivity index (χ2v) is 7.79. The molecule has 10 heteroatoms. The Labute approximate surface area is 197 Å². The molecule has 0 radical (unpaired) electrons. The molecule has 1 amide bonds. The topological polar surface area (TPSA) is 96.7 Å². The highest BCUT2D eigenvalue weighted by Crippen LogP contribution is 2.25. The van der Waals surface area contributed by atoms with E-state index in [2.05, 4.69) is 10.6 Å². The number of methoxy groups -OCH3 is 1. The van der Waals surface area contributed by atoms with Crippen molar-refractivity contribution in [2.75, 3.05) is 38.6 Å². The number of benzene rings is 2. The van der Waals surface area contributed by atoms with Crippen molar-refractivity contribution in [1.29, 1.82) is 0 Å². The van der Waals surface area contributed by atoms with Crippen molar-refractivity contribution < 1.29 is 9.53 Å². The minimum atomic E-state index is -0.446. The first-order chi connectivity index (χ1) is 15.6. The first-order valence-corrected chi connectivity index (χ1v) is 10.7. The Morgan fingerprint density at radius 2 is 1.82 bits per heavy atom. The molecule has 3 heterocycles. The number of hydrogen-bond donors (Lipinski definition) is 2. The standard InChI is InChI=1S/C23H25N7O2.ClH/c1-15(22(31)29-13-11-24-12-14-29)25-23-26-19-6-4-3-5-18(19)21-27-20(28-30(21)23)16-7-9-17(32-2)10-8-16;/h3-10,15,24H,11-14H2,1-2H3,(H,25,26);1H/t15-;/m1./s1. The van der Waals surface area contributed by atoms with Crippen molar-refractivity contribution in [3.05, 3.63) is 48.5 Å². The molecule has 0 bridgehead atoms. The highest BCUT2D eigenvalue weighted by atomic mass is 35.5. The maximum absolute atomic E-state index is 12.9. The molecule has 172 valence electrons. The van der Waals surface area contributed by atoms with Gasteiger partial charge in [0.25, 0.3) is 0 Å². The smallest absolute Gasteiger partial charge is 0.244 e. The van der Waals surface area contributed by atoms with Crippen molar-refractivity contribution in [2.24, 2.45) is 0 Å². The van der Waals surface area contributed by atoms with Gasteiger partial charge in [-0.05, 0) is 43.3 Å². The molecule has 2 aromatic heterocycles. The lowest BCUT2D eigenvalue weighted by molar-refractivity contribution is -0.132. The van der Waals surface area contributed by atoms with E-state index in [1.807, 2.05) is 60.4 Å². The zero-order valence-electron chi connectivity index (χ0n) is 18.5. The van der Waals surface area contributed by atoms with E-state index in [4.69, 9.17) is 19.8 Å². The summed E-state index contributed by atoms with van der Waals surface area (Å²) in [5.74, 6) is 1.88. The molecule has 4 aromatic rings. The van der Waals surface area contributed by atoms with Gasteiger partial charge in [0.1, 0.15) is 11.8 Å². The van der Waals surface area contributed by atoms with E-state index in [0.717, 1.165) is 35.3 Å². The summed E-state index contributed by atoms with van der Waals surface area (Å²) in [4.78, 5) is 24.4. The number of carbonyl (C=O) groups excluding carboxylic acids is 1. The molecular formula is C23H26ClN7O2. The minimum absolute atomic E-state index is 0. The summed E-state index contributed by atoms with van der Waals surface area (Å²) >= 11 is 0. The highest BCUT2D eigenvalue weighted by molar-refractivity contribution is 5.93. The van der Waals surface area contributed by atoms with E-state index < -0.39 is 6.04 Å². The van der Waals surface area contributed by atoms with Gasteiger partial charge >= 0.3 is 0 Å². The van der Waals surface area contributed by atoms with Crippen LogP contribution in [0.1, 0.15) is 6.92 Å². The molecule has 1 saturated heterocycles. The monoisotopic (exact) mass is 467 g/mol. The van der Waals surface area contributed by atoms with Crippen LogP contribution in [0, 0.1) is 0 Å². The maximum Gasteiger partial charge on any atom is 0.244 e. The third-order valence-electron chi connectivity index (χ3n) is 5.67. The van der Waals surface area contributed by atoms with Crippen LogP contribution in [0.4, 0.5) is 5.95 Å². The Morgan fingerprint density at radius 1 is 1.09 bits per heavy atom. The van der Waals surface area contributed by atoms with Gasteiger partial charge in [0.05, 0.1) is 12.6 Å². The lowest BCUT2D eigenvalue weighted by atomic mass is 10.2. The number of piperazine rings is 1. The predicted octanol–water partition coefficient (Wildman–Crippen LogP) is 2.61. The second-order valence-electron chi connectivity index (χ2n) is 7.79. The number of hydrogen-bond acceptors (Lipinski definition) is 7. The van der Waals surface area contributed by atoms with Crippen molar-refractivity contribution in [1.82, 2.24) is 29.8 Å². The van der Waals surface area contributed by atoms with E-state index in [1.54, 1.807) is 11.6 Å². The zero-order valence-corrected chi connectivity index (χ0v) is 19.3. The fourth-order valence-corrected chi connectivity index (χ4v) is 3.93. The van der Waals surface area contributed by atoms with Crippen LogP contribution in [-0.2, 0) is 4.79 Å². The fraction of sp³-hybridized carbons (Fsp3) is 0.304. The molecule has 5 rings (SSSR count). The zero-order chi connectivity index (χ0) is 22.1. The molecule has 0 spiro atoms. The lowest BCUT2D eigenvalue weighted by Crippen LogP contribution is -2.50. The number of aromatic nitrogens is 4. The molecule has 0 aliphatic carbocycles. The number of halogens is 1. The van der Waals surface area contributed by atoms with Crippen LogP contribution in [0.5, 0.6) is 5.75 Å². The van der Waals surface area contributed by atoms with Gasteiger partial charge < -0.3 is 20.3 Å². The molecule has 9 nitrogen and oxygen atoms in total. The Balaban J connectivity index is 0.00000259. The van der Waals surface area contributed by atoms with E-state index in [1.165, 1.54) is 0 Å². The molecule has 0 unspecified atom stereocenters. The Bertz CT molecular complexity index is 1270. The molecule has 2 N–H and O–H groups in total. The third-order valence-corrected chi connectivity index (χ3v) is 5.67. The maximum atomic E-state index is 12.9. The van der Waals surface area contributed by atoms with Gasteiger partial charge in [-0.25, -0.2) is 9.97 Å². The number of fused-ring (bicyclic) bond motifs is 3. The summed E-state index contributed by atoms with van der Waals surface area (Å²) in [7, 11) is 1.64. The summed E-state index contributed by atoms with van der Waals surface area (Å²) in [6, 6.07) is 15.0. The Kier molecular flexibility index (Phi) is 6.62. The van der Waals surface area contributed by atoms with Gasteiger partial charge in [-0.1, -0.05) is 12.1 Å². The average molecular weight is 468 g/mol. The molecule has 2 aromatic carbocycles. The van der Waals surface area contributed by atoms with Gasteiger partial charge in [-0.3, -0.25) is 4.79 Å². The van der Waals surface area contributed by atoms with Crippen molar-refractivity contribution >= 4 is 40.8 Å². The van der Waals surface area contributed by atoms with Crippen molar-refractivity contribution in [2.45, 2.75) is 13.0 Å². The molecule has 1 fully saturated rings. The molecule has 33 heavy (non-hydrogen) atoms. The fourth-order valence-electron chi connectivity index (χ4n) is 3.93.